The first-order chi connectivity index (χ1) is 13.3. The van der Waals surface area contributed by atoms with Crippen molar-refractivity contribution in [3.05, 3.63) is 35.9 Å². The molecule has 0 spiro atoms. The molecule has 1 N–H and O–H groups in total. The molecule has 1 fully saturated rings. The number of carbonyl (C=O) groups excluding carboxylic acids is 3. The fourth-order valence-electron chi connectivity index (χ4n) is 3.43. The monoisotopic (exact) mass is 390 g/mol. The predicted molar refractivity (Wildman–Crippen MR) is 103 cm³/mol. The molecule has 6 nitrogen and oxygen atoms in total. The topological polar surface area (TPSA) is 89.9 Å². The lowest BCUT2D eigenvalue weighted by Crippen LogP contribution is -2.42. The molecule has 0 radical (unpaired) electrons. The van der Waals surface area contributed by atoms with Gasteiger partial charge in [0.1, 0.15) is 6.61 Å². The third-order valence-corrected chi connectivity index (χ3v) is 5.25. The summed E-state index contributed by atoms with van der Waals surface area (Å²) in [5, 5.41) is 10.2. The minimum absolute atomic E-state index is 0.141. The Morgan fingerprint density at radius 1 is 1.07 bits per heavy atom. The average Bonchev–Trinajstić information content (AvgIpc) is 2.71. The zero-order valence-electron chi connectivity index (χ0n) is 16.7. The van der Waals surface area contributed by atoms with E-state index in [0.29, 0.717) is 19.3 Å². The highest BCUT2D eigenvalue weighted by Gasteiger charge is 2.41. The molecule has 1 aromatic carbocycles. The van der Waals surface area contributed by atoms with Gasteiger partial charge in [0, 0.05) is 0 Å². The number of rotatable bonds is 8. The highest BCUT2D eigenvalue weighted by atomic mass is 16.6. The maximum atomic E-state index is 12.6. The second-order valence-corrected chi connectivity index (χ2v) is 7.68. The van der Waals surface area contributed by atoms with Gasteiger partial charge in [-0.2, -0.15) is 0 Å². The zero-order chi connectivity index (χ0) is 20.6. The highest BCUT2D eigenvalue weighted by Crippen LogP contribution is 2.32. The largest absolute Gasteiger partial charge is 0.461 e. The first-order valence-corrected chi connectivity index (χ1v) is 10.0. The molecule has 3 unspecified atom stereocenters. The summed E-state index contributed by atoms with van der Waals surface area (Å²) in [5.74, 6) is -3.49. The van der Waals surface area contributed by atoms with Crippen LogP contribution in [0.4, 0.5) is 0 Å². The first kappa shape index (κ1) is 22.1. The third-order valence-electron chi connectivity index (χ3n) is 5.25. The van der Waals surface area contributed by atoms with Crippen LogP contribution in [0.5, 0.6) is 0 Å². The number of unbranched alkanes of at least 4 members (excludes halogenated alkanes) is 1. The summed E-state index contributed by atoms with van der Waals surface area (Å²) in [5.41, 5.74) is -0.836. The van der Waals surface area contributed by atoms with Crippen LogP contribution in [0.25, 0.3) is 0 Å². The van der Waals surface area contributed by atoms with Crippen molar-refractivity contribution in [3.63, 3.8) is 0 Å². The molecule has 6 heteroatoms. The number of carbonyl (C=O) groups is 3. The van der Waals surface area contributed by atoms with Gasteiger partial charge in [-0.1, -0.05) is 62.9 Å². The zero-order valence-corrected chi connectivity index (χ0v) is 16.7. The SMILES string of the molecule is CCCCC(C)(O)C(=O)OC(=O)C1CCCCC1C(=O)OCc1ccccc1. The van der Waals surface area contributed by atoms with Crippen LogP contribution in [0.1, 0.15) is 64.4 Å². The molecule has 2 rings (SSSR count). The molecule has 1 saturated carbocycles. The quantitative estimate of drug-likeness (QED) is 0.539. The number of ether oxygens (including phenoxy) is 2. The van der Waals surface area contributed by atoms with E-state index < -0.39 is 35.3 Å². The minimum Gasteiger partial charge on any atom is -0.461 e. The molecule has 154 valence electrons. The van der Waals surface area contributed by atoms with Crippen molar-refractivity contribution in [1.29, 1.82) is 0 Å². The Balaban J connectivity index is 1.96. The van der Waals surface area contributed by atoms with Crippen LogP contribution >= 0.6 is 0 Å². The van der Waals surface area contributed by atoms with Gasteiger partial charge in [-0.15, -0.1) is 0 Å². The molecule has 1 aliphatic rings. The second-order valence-electron chi connectivity index (χ2n) is 7.68. The van der Waals surface area contributed by atoms with Crippen LogP contribution in [0.3, 0.4) is 0 Å². The van der Waals surface area contributed by atoms with E-state index in [-0.39, 0.29) is 13.0 Å². The number of esters is 3. The fourth-order valence-corrected chi connectivity index (χ4v) is 3.43. The second kappa shape index (κ2) is 10.4. The van der Waals surface area contributed by atoms with Gasteiger partial charge in [-0.05, 0) is 31.7 Å². The van der Waals surface area contributed by atoms with Crippen molar-refractivity contribution in [1.82, 2.24) is 0 Å². The standard InChI is InChI=1S/C22H30O6/c1-3-4-14-22(2,26)21(25)28-20(24)18-13-9-8-12-17(18)19(23)27-15-16-10-6-5-7-11-16/h5-7,10-11,17-18,26H,3-4,8-9,12-15H2,1-2H3. The Morgan fingerprint density at radius 3 is 2.29 bits per heavy atom. The average molecular weight is 390 g/mol. The van der Waals surface area contributed by atoms with E-state index in [4.69, 9.17) is 9.47 Å². The molecular weight excluding hydrogens is 360 g/mol. The Bertz CT molecular complexity index is 667. The van der Waals surface area contributed by atoms with Gasteiger partial charge in [-0.25, -0.2) is 4.79 Å². The molecule has 0 aliphatic heterocycles. The van der Waals surface area contributed by atoms with Crippen LogP contribution in [0.2, 0.25) is 0 Å². The lowest BCUT2D eigenvalue weighted by molar-refractivity contribution is -0.179. The van der Waals surface area contributed by atoms with Crippen molar-refractivity contribution in [2.75, 3.05) is 0 Å². The van der Waals surface area contributed by atoms with E-state index in [0.717, 1.165) is 24.8 Å². The fraction of sp³-hybridized carbons (Fsp3) is 0.591. The summed E-state index contributed by atoms with van der Waals surface area (Å²) in [6, 6.07) is 9.32. The predicted octanol–water partition coefficient (Wildman–Crippen LogP) is 3.55. The Morgan fingerprint density at radius 2 is 1.68 bits per heavy atom. The third kappa shape index (κ3) is 6.16. The van der Waals surface area contributed by atoms with E-state index in [9.17, 15) is 19.5 Å². The minimum atomic E-state index is -1.70. The lowest BCUT2D eigenvalue weighted by Gasteiger charge is -2.29. The molecule has 0 heterocycles. The van der Waals surface area contributed by atoms with Gasteiger partial charge in [0.05, 0.1) is 11.8 Å². The maximum Gasteiger partial charge on any atom is 0.345 e. The van der Waals surface area contributed by atoms with Crippen LogP contribution in [0, 0.1) is 11.8 Å². The number of aliphatic hydroxyl groups is 1. The normalized spacial score (nSPS) is 21.4. The van der Waals surface area contributed by atoms with Gasteiger partial charge in [0.25, 0.3) is 0 Å². The summed E-state index contributed by atoms with van der Waals surface area (Å²) in [6.07, 6.45) is 4.27. The van der Waals surface area contributed by atoms with E-state index in [1.165, 1.54) is 6.92 Å². The van der Waals surface area contributed by atoms with Crippen LogP contribution < -0.4 is 0 Å². The summed E-state index contributed by atoms with van der Waals surface area (Å²) >= 11 is 0. The van der Waals surface area contributed by atoms with Gasteiger partial charge >= 0.3 is 17.9 Å². The highest BCUT2D eigenvalue weighted by molar-refractivity contribution is 5.92. The van der Waals surface area contributed by atoms with Crippen molar-refractivity contribution in [2.24, 2.45) is 11.8 Å². The molecular formula is C22H30O6. The van der Waals surface area contributed by atoms with Gasteiger partial charge < -0.3 is 14.6 Å². The van der Waals surface area contributed by atoms with Crippen LogP contribution in [-0.2, 0) is 30.5 Å². The van der Waals surface area contributed by atoms with Crippen molar-refractivity contribution in [3.8, 4) is 0 Å². The van der Waals surface area contributed by atoms with Gasteiger partial charge in [-0.3, -0.25) is 9.59 Å². The van der Waals surface area contributed by atoms with E-state index in [1.54, 1.807) is 0 Å². The molecule has 28 heavy (non-hydrogen) atoms. The summed E-state index contributed by atoms with van der Waals surface area (Å²) in [4.78, 5) is 37.3. The molecule has 1 aromatic rings. The Labute approximate surface area is 166 Å². The van der Waals surface area contributed by atoms with Crippen LogP contribution in [0.15, 0.2) is 30.3 Å². The van der Waals surface area contributed by atoms with Gasteiger partial charge in [0.15, 0.2) is 5.60 Å². The Hall–Kier alpha value is -2.21. The van der Waals surface area contributed by atoms with E-state index in [1.807, 2.05) is 37.3 Å². The van der Waals surface area contributed by atoms with Crippen molar-refractivity contribution < 1.29 is 29.0 Å². The molecule has 0 amide bonds. The van der Waals surface area contributed by atoms with E-state index >= 15 is 0 Å². The van der Waals surface area contributed by atoms with Crippen molar-refractivity contribution >= 4 is 17.9 Å². The lowest BCUT2D eigenvalue weighted by atomic mass is 9.79. The molecule has 0 aromatic heterocycles. The molecule has 0 saturated heterocycles. The number of hydrogen-bond acceptors (Lipinski definition) is 6. The summed E-state index contributed by atoms with van der Waals surface area (Å²) < 4.78 is 10.4. The molecule has 1 aliphatic carbocycles. The number of benzene rings is 1. The summed E-state index contributed by atoms with van der Waals surface area (Å²) in [6.45, 7) is 3.44. The Kier molecular flexibility index (Phi) is 8.18. The van der Waals surface area contributed by atoms with Crippen LogP contribution in [-0.4, -0.2) is 28.6 Å². The molecule has 3 atom stereocenters. The van der Waals surface area contributed by atoms with Crippen molar-refractivity contribution in [2.45, 2.75) is 71.0 Å². The summed E-state index contributed by atoms with van der Waals surface area (Å²) in [7, 11) is 0. The number of hydrogen-bond donors (Lipinski definition) is 1. The smallest absolute Gasteiger partial charge is 0.345 e. The first-order valence-electron chi connectivity index (χ1n) is 10.0. The maximum absolute atomic E-state index is 12.6. The van der Waals surface area contributed by atoms with E-state index in [2.05, 4.69) is 0 Å². The van der Waals surface area contributed by atoms with Gasteiger partial charge in [0.2, 0.25) is 0 Å². The molecule has 0 bridgehead atoms.